The Labute approximate surface area is 119 Å². The van der Waals surface area contributed by atoms with Gasteiger partial charge in [-0.2, -0.15) is 11.8 Å². The van der Waals surface area contributed by atoms with Crippen LogP contribution in [0, 0.1) is 0 Å². The molecule has 1 heterocycles. The van der Waals surface area contributed by atoms with E-state index in [9.17, 15) is 9.59 Å². The average molecular weight is 287 g/mol. The highest BCUT2D eigenvalue weighted by Crippen LogP contribution is 2.10. The second-order valence-corrected chi connectivity index (χ2v) is 5.84. The smallest absolute Gasteiger partial charge is 0.241 e. The highest BCUT2D eigenvalue weighted by Gasteiger charge is 2.26. The van der Waals surface area contributed by atoms with E-state index in [1.54, 1.807) is 16.7 Å². The second kappa shape index (κ2) is 9.20. The van der Waals surface area contributed by atoms with Crippen LogP contribution in [0.1, 0.15) is 26.7 Å². The molecule has 0 saturated carbocycles. The molecule has 1 saturated heterocycles. The van der Waals surface area contributed by atoms with Crippen LogP contribution >= 0.6 is 11.8 Å². The van der Waals surface area contributed by atoms with Gasteiger partial charge in [0.25, 0.3) is 0 Å². The van der Waals surface area contributed by atoms with Crippen molar-refractivity contribution in [2.45, 2.75) is 32.7 Å². The predicted molar refractivity (Wildman–Crippen MR) is 79.3 cm³/mol. The van der Waals surface area contributed by atoms with Crippen LogP contribution in [0.3, 0.4) is 0 Å². The molecule has 0 aromatic rings. The lowest BCUT2D eigenvalue weighted by Crippen LogP contribution is -2.52. The van der Waals surface area contributed by atoms with Crippen molar-refractivity contribution in [1.29, 1.82) is 0 Å². The van der Waals surface area contributed by atoms with Crippen molar-refractivity contribution < 1.29 is 9.59 Å². The summed E-state index contributed by atoms with van der Waals surface area (Å²) < 4.78 is 0. The van der Waals surface area contributed by atoms with E-state index in [1.165, 1.54) is 0 Å². The first-order valence-corrected chi connectivity index (χ1v) is 8.21. The maximum absolute atomic E-state index is 12.4. The van der Waals surface area contributed by atoms with E-state index < -0.39 is 0 Å². The van der Waals surface area contributed by atoms with E-state index in [2.05, 4.69) is 10.6 Å². The molecular weight excluding hydrogens is 262 g/mol. The molecule has 1 aliphatic rings. The molecule has 1 rings (SSSR count). The van der Waals surface area contributed by atoms with Gasteiger partial charge in [-0.3, -0.25) is 9.59 Å². The average Bonchev–Trinajstić information content (AvgIpc) is 2.45. The zero-order chi connectivity index (χ0) is 14.1. The molecule has 0 bridgehead atoms. The van der Waals surface area contributed by atoms with Crippen LogP contribution in [0.4, 0.5) is 0 Å². The summed E-state index contributed by atoms with van der Waals surface area (Å²) in [5, 5.41) is 6.05. The molecule has 2 amide bonds. The maximum atomic E-state index is 12.4. The van der Waals surface area contributed by atoms with Crippen molar-refractivity contribution in [3.05, 3.63) is 0 Å². The lowest BCUT2D eigenvalue weighted by Gasteiger charge is -2.29. The predicted octanol–water partition coefficient (Wildman–Crippen LogP) is 0.456. The Morgan fingerprint density at radius 3 is 2.74 bits per heavy atom. The molecular formula is C13H25N3O2S. The third kappa shape index (κ3) is 5.82. The standard InChI is InChI=1S/C13H25N3O2S/c1-3-5-15-12(17)9-16(7-4-2)13(18)11-10-19-8-6-14-11/h11,14H,3-10H2,1-2H3,(H,15,17). The Morgan fingerprint density at radius 2 is 2.16 bits per heavy atom. The summed E-state index contributed by atoms with van der Waals surface area (Å²) in [6.45, 7) is 6.38. The first-order valence-electron chi connectivity index (χ1n) is 7.05. The topological polar surface area (TPSA) is 61.4 Å². The summed E-state index contributed by atoms with van der Waals surface area (Å²) in [5.41, 5.74) is 0. The van der Waals surface area contributed by atoms with Crippen LogP contribution in [0.15, 0.2) is 0 Å². The van der Waals surface area contributed by atoms with Gasteiger partial charge in [0, 0.05) is 31.1 Å². The molecule has 1 aliphatic heterocycles. The minimum atomic E-state index is -0.135. The van der Waals surface area contributed by atoms with Crippen molar-refractivity contribution in [3.8, 4) is 0 Å². The normalized spacial score (nSPS) is 18.9. The van der Waals surface area contributed by atoms with Crippen molar-refractivity contribution in [1.82, 2.24) is 15.5 Å². The summed E-state index contributed by atoms with van der Waals surface area (Å²) in [4.78, 5) is 25.8. The molecule has 0 aromatic heterocycles. The second-order valence-electron chi connectivity index (χ2n) is 4.69. The zero-order valence-corrected chi connectivity index (χ0v) is 12.7. The van der Waals surface area contributed by atoms with Crippen molar-refractivity contribution in [3.63, 3.8) is 0 Å². The minimum absolute atomic E-state index is 0.0562. The fourth-order valence-corrected chi connectivity index (χ4v) is 2.90. The molecule has 1 atom stereocenters. The van der Waals surface area contributed by atoms with E-state index in [1.807, 2.05) is 13.8 Å². The van der Waals surface area contributed by atoms with Gasteiger partial charge < -0.3 is 15.5 Å². The van der Waals surface area contributed by atoms with Crippen molar-refractivity contribution >= 4 is 23.6 Å². The molecule has 0 aliphatic carbocycles. The van der Waals surface area contributed by atoms with Gasteiger partial charge in [-0.25, -0.2) is 0 Å². The van der Waals surface area contributed by atoms with Crippen molar-refractivity contribution in [2.24, 2.45) is 0 Å². The summed E-state index contributed by atoms with van der Waals surface area (Å²) in [5.74, 6) is 1.84. The fourth-order valence-electron chi connectivity index (χ4n) is 1.98. The summed E-state index contributed by atoms with van der Waals surface area (Å²) in [6.07, 6.45) is 1.78. The molecule has 0 aromatic carbocycles. The maximum Gasteiger partial charge on any atom is 0.241 e. The number of hydrogen-bond donors (Lipinski definition) is 2. The molecule has 0 radical (unpaired) electrons. The number of amides is 2. The molecule has 2 N–H and O–H groups in total. The van der Waals surface area contributed by atoms with Gasteiger partial charge in [0.2, 0.25) is 11.8 Å². The van der Waals surface area contributed by atoms with Gasteiger partial charge in [-0.05, 0) is 12.8 Å². The summed E-state index contributed by atoms with van der Waals surface area (Å²) >= 11 is 1.79. The lowest BCUT2D eigenvalue weighted by atomic mass is 10.2. The van der Waals surface area contributed by atoms with Crippen LogP contribution < -0.4 is 10.6 Å². The van der Waals surface area contributed by atoms with Gasteiger partial charge in [0.05, 0.1) is 12.6 Å². The van der Waals surface area contributed by atoms with Gasteiger partial charge in [0.15, 0.2) is 0 Å². The van der Waals surface area contributed by atoms with Gasteiger partial charge in [0.1, 0.15) is 0 Å². The first-order chi connectivity index (χ1) is 9.19. The first kappa shape index (κ1) is 16.3. The van der Waals surface area contributed by atoms with Gasteiger partial charge in [-0.1, -0.05) is 13.8 Å². The fraction of sp³-hybridized carbons (Fsp3) is 0.846. The van der Waals surface area contributed by atoms with E-state index in [-0.39, 0.29) is 24.4 Å². The number of nitrogens with one attached hydrogen (secondary N) is 2. The Hall–Kier alpha value is -0.750. The van der Waals surface area contributed by atoms with Crippen LogP contribution in [-0.2, 0) is 9.59 Å². The number of rotatable bonds is 7. The largest absolute Gasteiger partial charge is 0.355 e. The Kier molecular flexibility index (Phi) is 7.90. The van der Waals surface area contributed by atoms with Crippen molar-refractivity contribution in [2.75, 3.05) is 37.7 Å². The van der Waals surface area contributed by atoms with E-state index in [4.69, 9.17) is 0 Å². The molecule has 5 nitrogen and oxygen atoms in total. The van der Waals surface area contributed by atoms with Crippen LogP contribution in [0.5, 0.6) is 0 Å². The monoisotopic (exact) mass is 287 g/mol. The number of nitrogens with zero attached hydrogens (tertiary/aromatic N) is 1. The van der Waals surface area contributed by atoms with E-state index >= 15 is 0 Å². The Morgan fingerprint density at radius 1 is 1.37 bits per heavy atom. The summed E-state index contributed by atoms with van der Waals surface area (Å²) in [7, 11) is 0. The van der Waals surface area contributed by atoms with Crippen LogP contribution in [0.25, 0.3) is 0 Å². The zero-order valence-electron chi connectivity index (χ0n) is 11.9. The lowest BCUT2D eigenvalue weighted by molar-refractivity contribution is -0.137. The highest BCUT2D eigenvalue weighted by molar-refractivity contribution is 7.99. The number of thioether (sulfide) groups is 1. The minimum Gasteiger partial charge on any atom is -0.355 e. The SMILES string of the molecule is CCCNC(=O)CN(CCC)C(=O)C1CSCCN1. The molecule has 19 heavy (non-hydrogen) atoms. The van der Waals surface area contributed by atoms with Crippen LogP contribution in [-0.4, -0.2) is 60.4 Å². The van der Waals surface area contributed by atoms with Crippen LogP contribution in [0.2, 0.25) is 0 Å². The van der Waals surface area contributed by atoms with E-state index in [0.29, 0.717) is 13.1 Å². The summed E-state index contributed by atoms with van der Waals surface area (Å²) in [6, 6.07) is -0.135. The number of carbonyl (C=O) groups is 2. The van der Waals surface area contributed by atoms with Gasteiger partial charge in [-0.15, -0.1) is 0 Å². The molecule has 0 spiro atoms. The number of carbonyl (C=O) groups excluding carboxylic acids is 2. The Bertz CT molecular complexity index is 294. The highest BCUT2D eigenvalue weighted by atomic mass is 32.2. The molecule has 6 heteroatoms. The third-order valence-electron chi connectivity index (χ3n) is 2.93. The molecule has 110 valence electrons. The van der Waals surface area contributed by atoms with Gasteiger partial charge >= 0.3 is 0 Å². The number of hydrogen-bond acceptors (Lipinski definition) is 4. The Balaban J connectivity index is 2.49. The third-order valence-corrected chi connectivity index (χ3v) is 3.99. The van der Waals surface area contributed by atoms with E-state index in [0.717, 1.165) is 30.9 Å². The quantitative estimate of drug-likeness (QED) is 0.714. The molecule has 1 unspecified atom stereocenters. The molecule has 1 fully saturated rings.